The molecule has 1 saturated heterocycles. The quantitative estimate of drug-likeness (QED) is 0.815. The lowest BCUT2D eigenvalue weighted by Crippen LogP contribution is -2.50. The number of benzene rings is 1. The summed E-state index contributed by atoms with van der Waals surface area (Å²) in [6.45, 7) is 6.76. The number of rotatable bonds is 4. The molecule has 0 saturated carbocycles. The highest BCUT2D eigenvalue weighted by atomic mass is 16.2. The second kappa shape index (κ2) is 8.16. The molecule has 1 aliphatic heterocycles. The Labute approximate surface area is 163 Å². The SMILES string of the molecule is CC(=O)c1cccc(Nc2cc(C(=O)N3CCN(C(C)=O)CC3)nc(C)n2)c1. The van der Waals surface area contributed by atoms with Gasteiger partial charge in [-0.25, -0.2) is 9.97 Å². The molecule has 1 aromatic heterocycles. The van der Waals surface area contributed by atoms with Crippen LogP contribution in [-0.4, -0.2) is 63.5 Å². The number of ketones is 1. The van der Waals surface area contributed by atoms with E-state index in [1.165, 1.54) is 13.8 Å². The largest absolute Gasteiger partial charge is 0.340 e. The smallest absolute Gasteiger partial charge is 0.272 e. The molecular weight excluding hydrogens is 358 g/mol. The average Bonchev–Trinajstić information content (AvgIpc) is 2.67. The van der Waals surface area contributed by atoms with Crippen molar-refractivity contribution in [1.29, 1.82) is 0 Å². The molecule has 2 heterocycles. The van der Waals surface area contributed by atoms with E-state index in [1.807, 2.05) is 6.07 Å². The minimum Gasteiger partial charge on any atom is -0.340 e. The van der Waals surface area contributed by atoms with E-state index in [0.29, 0.717) is 54.8 Å². The monoisotopic (exact) mass is 381 g/mol. The number of amides is 2. The van der Waals surface area contributed by atoms with Gasteiger partial charge in [-0.05, 0) is 26.0 Å². The Morgan fingerprint density at radius 3 is 2.29 bits per heavy atom. The highest BCUT2D eigenvalue weighted by Crippen LogP contribution is 2.18. The van der Waals surface area contributed by atoms with Gasteiger partial charge in [0.2, 0.25) is 5.91 Å². The number of Topliss-reactive ketones (excluding diaryl/α,β-unsaturated/α-hetero) is 1. The predicted octanol–water partition coefficient (Wildman–Crippen LogP) is 2.04. The summed E-state index contributed by atoms with van der Waals surface area (Å²) in [5.74, 6) is 0.763. The van der Waals surface area contributed by atoms with Gasteiger partial charge < -0.3 is 15.1 Å². The molecular formula is C20H23N5O3. The van der Waals surface area contributed by atoms with Crippen LogP contribution in [0.15, 0.2) is 30.3 Å². The van der Waals surface area contributed by atoms with Crippen LogP contribution in [0.1, 0.15) is 40.5 Å². The maximum absolute atomic E-state index is 12.8. The molecule has 28 heavy (non-hydrogen) atoms. The highest BCUT2D eigenvalue weighted by molar-refractivity contribution is 5.95. The maximum atomic E-state index is 12.8. The highest BCUT2D eigenvalue weighted by Gasteiger charge is 2.24. The van der Waals surface area contributed by atoms with Crippen molar-refractivity contribution in [3.05, 3.63) is 47.4 Å². The summed E-state index contributed by atoms with van der Waals surface area (Å²) in [6, 6.07) is 8.70. The fraction of sp³-hybridized carbons (Fsp3) is 0.350. The molecule has 8 nitrogen and oxygen atoms in total. The standard InChI is InChI=1S/C20H23N5O3/c1-13(26)16-5-4-6-17(11-16)23-19-12-18(21-14(2)22-19)20(28)25-9-7-24(8-10-25)15(3)27/h4-6,11-12H,7-10H2,1-3H3,(H,21,22,23). The molecule has 1 fully saturated rings. The van der Waals surface area contributed by atoms with E-state index in [1.54, 1.807) is 41.0 Å². The van der Waals surface area contributed by atoms with Crippen molar-refractivity contribution in [2.45, 2.75) is 20.8 Å². The van der Waals surface area contributed by atoms with Crippen molar-refractivity contribution in [2.24, 2.45) is 0 Å². The van der Waals surface area contributed by atoms with Crippen molar-refractivity contribution < 1.29 is 14.4 Å². The second-order valence-electron chi connectivity index (χ2n) is 6.75. The molecule has 1 aromatic carbocycles. The van der Waals surface area contributed by atoms with E-state index >= 15 is 0 Å². The minimum atomic E-state index is -0.186. The minimum absolute atomic E-state index is 0.0178. The molecule has 0 bridgehead atoms. The number of anilines is 2. The third-order valence-electron chi connectivity index (χ3n) is 4.61. The molecule has 0 aliphatic carbocycles. The van der Waals surface area contributed by atoms with E-state index in [4.69, 9.17) is 0 Å². The number of nitrogens with zero attached hydrogens (tertiary/aromatic N) is 4. The van der Waals surface area contributed by atoms with Crippen molar-refractivity contribution in [3.63, 3.8) is 0 Å². The molecule has 146 valence electrons. The van der Waals surface area contributed by atoms with Crippen LogP contribution in [0.2, 0.25) is 0 Å². The topological polar surface area (TPSA) is 95.5 Å². The van der Waals surface area contributed by atoms with Gasteiger partial charge in [0.1, 0.15) is 17.3 Å². The molecule has 2 aromatic rings. The summed E-state index contributed by atoms with van der Waals surface area (Å²) in [5, 5.41) is 3.13. The Morgan fingerprint density at radius 1 is 0.964 bits per heavy atom. The van der Waals surface area contributed by atoms with Crippen molar-refractivity contribution in [2.75, 3.05) is 31.5 Å². The third-order valence-corrected chi connectivity index (χ3v) is 4.61. The molecule has 2 amide bonds. The fourth-order valence-corrected chi connectivity index (χ4v) is 3.09. The molecule has 8 heteroatoms. The van der Waals surface area contributed by atoms with Crippen LogP contribution in [0, 0.1) is 6.92 Å². The number of aryl methyl sites for hydroxylation is 1. The third kappa shape index (κ3) is 4.51. The number of piperazine rings is 1. The second-order valence-corrected chi connectivity index (χ2v) is 6.75. The zero-order valence-electron chi connectivity index (χ0n) is 16.2. The lowest BCUT2D eigenvalue weighted by Gasteiger charge is -2.34. The van der Waals surface area contributed by atoms with Gasteiger partial charge in [0, 0.05) is 50.4 Å². The Balaban J connectivity index is 1.76. The van der Waals surface area contributed by atoms with Crippen molar-refractivity contribution in [3.8, 4) is 0 Å². The first-order chi connectivity index (χ1) is 13.3. The number of aromatic nitrogens is 2. The average molecular weight is 381 g/mol. The van der Waals surface area contributed by atoms with Crippen LogP contribution in [0.4, 0.5) is 11.5 Å². The number of carbonyl (C=O) groups excluding carboxylic acids is 3. The van der Waals surface area contributed by atoms with Crippen LogP contribution in [0.5, 0.6) is 0 Å². The van der Waals surface area contributed by atoms with Crippen LogP contribution in [0.3, 0.4) is 0 Å². The van der Waals surface area contributed by atoms with E-state index in [2.05, 4.69) is 15.3 Å². The Hall–Kier alpha value is -3.29. The maximum Gasteiger partial charge on any atom is 0.272 e. The van der Waals surface area contributed by atoms with Crippen LogP contribution < -0.4 is 5.32 Å². The van der Waals surface area contributed by atoms with Crippen LogP contribution in [0.25, 0.3) is 0 Å². The molecule has 0 spiro atoms. The summed E-state index contributed by atoms with van der Waals surface area (Å²) < 4.78 is 0. The molecule has 0 radical (unpaired) electrons. The van der Waals surface area contributed by atoms with Crippen molar-refractivity contribution >= 4 is 29.1 Å². The Morgan fingerprint density at radius 2 is 1.64 bits per heavy atom. The van der Waals surface area contributed by atoms with Gasteiger partial charge >= 0.3 is 0 Å². The first-order valence-corrected chi connectivity index (χ1v) is 9.12. The van der Waals surface area contributed by atoms with Crippen molar-refractivity contribution in [1.82, 2.24) is 19.8 Å². The number of carbonyl (C=O) groups is 3. The van der Waals surface area contributed by atoms with E-state index in [9.17, 15) is 14.4 Å². The molecule has 1 N–H and O–H groups in total. The van der Waals surface area contributed by atoms with Gasteiger partial charge in [0.25, 0.3) is 5.91 Å². The Kier molecular flexibility index (Phi) is 5.67. The number of hydrogen-bond donors (Lipinski definition) is 1. The van der Waals surface area contributed by atoms with Gasteiger partial charge in [0.15, 0.2) is 5.78 Å². The number of nitrogens with one attached hydrogen (secondary N) is 1. The molecule has 0 atom stereocenters. The van der Waals surface area contributed by atoms with Crippen LogP contribution >= 0.6 is 0 Å². The summed E-state index contributed by atoms with van der Waals surface area (Å²) in [4.78, 5) is 47.9. The summed E-state index contributed by atoms with van der Waals surface area (Å²) >= 11 is 0. The summed E-state index contributed by atoms with van der Waals surface area (Å²) in [7, 11) is 0. The lowest BCUT2D eigenvalue weighted by atomic mass is 10.1. The first-order valence-electron chi connectivity index (χ1n) is 9.12. The van der Waals surface area contributed by atoms with Gasteiger partial charge in [0.05, 0.1) is 0 Å². The van der Waals surface area contributed by atoms with Gasteiger partial charge in [-0.1, -0.05) is 12.1 Å². The van der Waals surface area contributed by atoms with E-state index in [0.717, 1.165) is 0 Å². The zero-order chi connectivity index (χ0) is 20.3. The lowest BCUT2D eigenvalue weighted by molar-refractivity contribution is -0.130. The zero-order valence-corrected chi connectivity index (χ0v) is 16.2. The molecule has 3 rings (SSSR count). The number of hydrogen-bond acceptors (Lipinski definition) is 6. The van der Waals surface area contributed by atoms with Crippen LogP contribution in [-0.2, 0) is 4.79 Å². The van der Waals surface area contributed by atoms with Gasteiger partial charge in [-0.2, -0.15) is 0 Å². The summed E-state index contributed by atoms with van der Waals surface area (Å²) in [5.41, 5.74) is 1.60. The van der Waals surface area contributed by atoms with Gasteiger partial charge in [-0.3, -0.25) is 14.4 Å². The fourth-order valence-electron chi connectivity index (χ4n) is 3.09. The van der Waals surface area contributed by atoms with E-state index < -0.39 is 0 Å². The normalized spacial score (nSPS) is 14.0. The molecule has 1 aliphatic rings. The van der Waals surface area contributed by atoms with E-state index in [-0.39, 0.29) is 17.6 Å². The first kappa shape index (κ1) is 19.5. The predicted molar refractivity (Wildman–Crippen MR) is 105 cm³/mol. The molecule has 0 unspecified atom stereocenters. The Bertz CT molecular complexity index is 920. The van der Waals surface area contributed by atoms with Gasteiger partial charge in [-0.15, -0.1) is 0 Å². The summed E-state index contributed by atoms with van der Waals surface area (Å²) in [6.07, 6.45) is 0.